The molecular formula is C10H10O2. The van der Waals surface area contributed by atoms with Gasteiger partial charge in [-0.3, -0.25) is 0 Å². The minimum atomic E-state index is -1.03. The van der Waals surface area contributed by atoms with Crippen LogP contribution in [0.4, 0.5) is 0 Å². The van der Waals surface area contributed by atoms with E-state index in [1.165, 1.54) is 0 Å². The van der Waals surface area contributed by atoms with E-state index in [1.807, 2.05) is 24.3 Å². The van der Waals surface area contributed by atoms with Crippen LogP contribution in [0.3, 0.4) is 0 Å². The highest BCUT2D eigenvalue weighted by atomic mass is 16.5. The summed E-state index contributed by atoms with van der Waals surface area (Å²) < 4.78 is 5.28. The highest BCUT2D eigenvalue weighted by Crippen LogP contribution is 2.42. The van der Waals surface area contributed by atoms with E-state index in [1.54, 1.807) is 6.92 Å². The topological polar surface area (TPSA) is 29.5 Å². The van der Waals surface area contributed by atoms with Crippen LogP contribution in [0.5, 0.6) is 5.75 Å². The van der Waals surface area contributed by atoms with Gasteiger partial charge in [0.2, 0.25) is 0 Å². The second-order valence-corrected chi connectivity index (χ2v) is 3.09. The molecule has 1 atom stereocenters. The van der Waals surface area contributed by atoms with Gasteiger partial charge in [0.25, 0.3) is 0 Å². The molecule has 2 rings (SSSR count). The van der Waals surface area contributed by atoms with Gasteiger partial charge in [0.05, 0.1) is 0 Å². The maximum atomic E-state index is 9.89. The molecule has 0 aromatic heterocycles. The predicted octanol–water partition coefficient (Wildman–Crippen LogP) is 1.80. The molecule has 1 aliphatic rings. The summed E-state index contributed by atoms with van der Waals surface area (Å²) in [6.07, 6.45) is 0. The van der Waals surface area contributed by atoms with Crippen LogP contribution in [-0.2, 0) is 5.60 Å². The Labute approximate surface area is 71.1 Å². The maximum absolute atomic E-state index is 9.89. The molecule has 0 spiro atoms. The van der Waals surface area contributed by atoms with Crippen LogP contribution in [0, 0.1) is 0 Å². The summed E-state index contributed by atoms with van der Waals surface area (Å²) in [7, 11) is 0. The number of hydrogen-bond acceptors (Lipinski definition) is 2. The van der Waals surface area contributed by atoms with E-state index >= 15 is 0 Å². The fraction of sp³-hybridized carbons (Fsp3) is 0.200. The molecule has 2 nitrogen and oxygen atoms in total. The Morgan fingerprint density at radius 1 is 1.42 bits per heavy atom. The molecule has 0 fully saturated rings. The first-order chi connectivity index (χ1) is 5.62. The van der Waals surface area contributed by atoms with E-state index in [2.05, 4.69) is 6.58 Å². The SMILES string of the molecule is C=C1Oc2ccccc2C1(C)O. The molecule has 12 heavy (non-hydrogen) atoms. The zero-order valence-corrected chi connectivity index (χ0v) is 6.87. The number of fused-ring (bicyclic) bond motifs is 1. The van der Waals surface area contributed by atoms with E-state index in [0.29, 0.717) is 11.5 Å². The van der Waals surface area contributed by atoms with Gasteiger partial charge in [0.1, 0.15) is 17.1 Å². The summed E-state index contributed by atoms with van der Waals surface area (Å²) in [5.41, 5.74) is -0.244. The number of ether oxygens (including phenoxy) is 1. The molecular weight excluding hydrogens is 152 g/mol. The number of para-hydroxylation sites is 1. The molecule has 0 radical (unpaired) electrons. The van der Waals surface area contributed by atoms with Crippen molar-refractivity contribution >= 4 is 0 Å². The lowest BCUT2D eigenvalue weighted by Gasteiger charge is -2.14. The van der Waals surface area contributed by atoms with Crippen molar-refractivity contribution in [2.24, 2.45) is 0 Å². The Morgan fingerprint density at radius 3 is 2.75 bits per heavy atom. The average Bonchev–Trinajstić information content (AvgIpc) is 2.25. The Morgan fingerprint density at radius 2 is 2.08 bits per heavy atom. The van der Waals surface area contributed by atoms with Gasteiger partial charge in [-0.15, -0.1) is 0 Å². The molecule has 1 heterocycles. The number of rotatable bonds is 0. The van der Waals surface area contributed by atoms with Crippen molar-refractivity contribution < 1.29 is 9.84 Å². The van der Waals surface area contributed by atoms with E-state index in [9.17, 15) is 5.11 Å². The fourth-order valence-corrected chi connectivity index (χ4v) is 1.34. The van der Waals surface area contributed by atoms with Gasteiger partial charge < -0.3 is 9.84 Å². The largest absolute Gasteiger partial charge is 0.458 e. The van der Waals surface area contributed by atoms with E-state index in [-0.39, 0.29) is 0 Å². The molecule has 2 heteroatoms. The molecule has 62 valence electrons. The lowest BCUT2D eigenvalue weighted by Crippen LogP contribution is -2.19. The van der Waals surface area contributed by atoms with Crippen LogP contribution in [0.15, 0.2) is 36.6 Å². The summed E-state index contributed by atoms with van der Waals surface area (Å²) in [5.74, 6) is 1.09. The molecule has 1 aromatic rings. The third kappa shape index (κ3) is 0.786. The van der Waals surface area contributed by atoms with Gasteiger partial charge in [-0.25, -0.2) is 0 Å². The first-order valence-corrected chi connectivity index (χ1v) is 3.81. The highest BCUT2D eigenvalue weighted by Gasteiger charge is 2.37. The third-order valence-corrected chi connectivity index (χ3v) is 2.19. The van der Waals surface area contributed by atoms with Crippen LogP contribution in [0.2, 0.25) is 0 Å². The Balaban J connectivity index is 2.63. The van der Waals surface area contributed by atoms with Gasteiger partial charge in [-0.05, 0) is 13.0 Å². The minimum absolute atomic E-state index is 0.392. The van der Waals surface area contributed by atoms with Crippen molar-refractivity contribution in [3.8, 4) is 5.75 Å². The lowest BCUT2D eigenvalue weighted by molar-refractivity contribution is 0.0807. The molecule has 0 saturated carbocycles. The van der Waals surface area contributed by atoms with Crippen LogP contribution >= 0.6 is 0 Å². The second kappa shape index (κ2) is 2.11. The summed E-state index contributed by atoms with van der Waals surface area (Å²) in [6.45, 7) is 5.33. The van der Waals surface area contributed by atoms with Crippen molar-refractivity contribution in [2.75, 3.05) is 0 Å². The van der Waals surface area contributed by atoms with E-state index in [0.717, 1.165) is 5.56 Å². The minimum Gasteiger partial charge on any atom is -0.458 e. The first kappa shape index (κ1) is 7.37. The molecule has 0 aliphatic carbocycles. The zero-order chi connectivity index (χ0) is 8.77. The van der Waals surface area contributed by atoms with E-state index < -0.39 is 5.60 Å². The number of benzene rings is 1. The summed E-state index contributed by atoms with van der Waals surface area (Å²) in [6, 6.07) is 7.40. The van der Waals surface area contributed by atoms with E-state index in [4.69, 9.17) is 4.74 Å². The zero-order valence-electron chi connectivity index (χ0n) is 6.87. The summed E-state index contributed by atoms with van der Waals surface area (Å²) >= 11 is 0. The number of hydrogen-bond donors (Lipinski definition) is 1. The third-order valence-electron chi connectivity index (χ3n) is 2.19. The van der Waals surface area contributed by atoms with Crippen molar-refractivity contribution in [3.05, 3.63) is 42.2 Å². The monoisotopic (exact) mass is 162 g/mol. The Bertz CT molecular complexity index is 339. The van der Waals surface area contributed by atoms with Crippen LogP contribution in [-0.4, -0.2) is 5.11 Å². The van der Waals surface area contributed by atoms with Crippen molar-refractivity contribution in [2.45, 2.75) is 12.5 Å². The Kier molecular flexibility index (Phi) is 1.30. The van der Waals surface area contributed by atoms with Crippen LogP contribution < -0.4 is 4.74 Å². The van der Waals surface area contributed by atoms with Crippen LogP contribution in [0.25, 0.3) is 0 Å². The molecule has 1 aliphatic heterocycles. The Hall–Kier alpha value is -1.28. The van der Waals surface area contributed by atoms with Gasteiger partial charge in [-0.2, -0.15) is 0 Å². The molecule has 0 saturated heterocycles. The van der Waals surface area contributed by atoms with Crippen molar-refractivity contribution in [1.29, 1.82) is 0 Å². The summed E-state index contributed by atoms with van der Waals surface area (Å²) in [5, 5.41) is 9.89. The molecule has 0 bridgehead atoms. The summed E-state index contributed by atoms with van der Waals surface area (Å²) in [4.78, 5) is 0. The first-order valence-electron chi connectivity index (χ1n) is 3.81. The molecule has 1 unspecified atom stereocenters. The average molecular weight is 162 g/mol. The second-order valence-electron chi connectivity index (χ2n) is 3.09. The van der Waals surface area contributed by atoms with Crippen molar-refractivity contribution in [3.63, 3.8) is 0 Å². The maximum Gasteiger partial charge on any atom is 0.147 e. The fourth-order valence-electron chi connectivity index (χ4n) is 1.34. The van der Waals surface area contributed by atoms with Crippen molar-refractivity contribution in [1.82, 2.24) is 0 Å². The smallest absolute Gasteiger partial charge is 0.147 e. The van der Waals surface area contributed by atoms with Crippen LogP contribution in [0.1, 0.15) is 12.5 Å². The lowest BCUT2D eigenvalue weighted by atomic mass is 9.97. The standard InChI is InChI=1S/C10H10O2/c1-7-10(2,11)8-5-3-4-6-9(8)12-7/h3-6,11H,1H2,2H3. The predicted molar refractivity (Wildman–Crippen MR) is 45.8 cm³/mol. The molecule has 1 N–H and O–H groups in total. The van der Waals surface area contributed by atoms with Gasteiger partial charge >= 0.3 is 0 Å². The molecule has 1 aromatic carbocycles. The molecule has 0 amide bonds. The highest BCUT2D eigenvalue weighted by molar-refractivity contribution is 5.47. The quantitative estimate of drug-likeness (QED) is 0.630. The van der Waals surface area contributed by atoms with Gasteiger partial charge in [-0.1, -0.05) is 24.8 Å². The number of aliphatic hydroxyl groups is 1. The van der Waals surface area contributed by atoms with Gasteiger partial charge in [0, 0.05) is 5.56 Å². The normalized spacial score (nSPS) is 26.7. The van der Waals surface area contributed by atoms with Gasteiger partial charge in [0.15, 0.2) is 0 Å².